The van der Waals surface area contributed by atoms with Gasteiger partial charge < -0.3 is 5.11 Å². The molecular formula is C25H46OSi3. The summed E-state index contributed by atoms with van der Waals surface area (Å²) in [4.78, 5) is 0. The smallest absolute Gasteiger partial charge is 0.249 e. The third-order valence-electron chi connectivity index (χ3n) is 6.48. The predicted molar refractivity (Wildman–Crippen MR) is 140 cm³/mol. The Labute approximate surface area is 185 Å². The van der Waals surface area contributed by atoms with E-state index in [-0.39, 0.29) is 0 Å². The third kappa shape index (κ3) is 7.81. The van der Waals surface area contributed by atoms with Gasteiger partial charge >= 0.3 is 0 Å². The van der Waals surface area contributed by atoms with E-state index in [9.17, 15) is 5.11 Å². The van der Waals surface area contributed by atoms with Crippen LogP contribution >= 0.6 is 0 Å². The molecule has 29 heavy (non-hydrogen) atoms. The van der Waals surface area contributed by atoms with Gasteiger partial charge in [0.2, 0.25) is 5.60 Å². The van der Waals surface area contributed by atoms with Crippen LogP contribution < -0.4 is 0 Å². The molecule has 0 amide bonds. The summed E-state index contributed by atoms with van der Waals surface area (Å²) in [5.74, 6) is 9.61. The van der Waals surface area contributed by atoms with Gasteiger partial charge in [0.05, 0.1) is 0 Å². The molecule has 0 heterocycles. The molecule has 0 saturated carbocycles. The van der Waals surface area contributed by atoms with Crippen LogP contribution in [0.2, 0.25) is 54.4 Å². The molecule has 0 aromatic rings. The van der Waals surface area contributed by atoms with Crippen LogP contribution in [0.4, 0.5) is 0 Å². The van der Waals surface area contributed by atoms with Gasteiger partial charge in [-0.25, -0.2) is 0 Å². The highest BCUT2D eigenvalue weighted by Crippen LogP contribution is 2.40. The normalized spacial score (nSPS) is 14.5. The van der Waals surface area contributed by atoms with E-state index >= 15 is 0 Å². The Kier molecular flexibility index (Phi) is 10.8. The molecule has 0 aliphatic heterocycles. The van der Waals surface area contributed by atoms with Crippen molar-refractivity contribution >= 4 is 24.2 Å². The Hall–Kier alpha value is -0.709. The average molecular weight is 447 g/mol. The van der Waals surface area contributed by atoms with Gasteiger partial charge in [0.25, 0.3) is 0 Å². The molecule has 0 spiro atoms. The molecule has 1 unspecified atom stereocenters. The Balaban J connectivity index is 6.69. The Bertz CT molecular complexity index is 677. The van der Waals surface area contributed by atoms with Gasteiger partial charge in [0.1, 0.15) is 24.2 Å². The molecule has 0 aliphatic rings. The molecule has 0 fully saturated rings. The molecule has 0 aromatic heterocycles. The van der Waals surface area contributed by atoms with E-state index < -0.39 is 29.8 Å². The minimum Gasteiger partial charge on any atom is -0.358 e. The predicted octanol–water partition coefficient (Wildman–Crippen LogP) is 6.87. The summed E-state index contributed by atoms with van der Waals surface area (Å²) >= 11 is 0. The first-order chi connectivity index (χ1) is 13.1. The second-order valence-corrected chi connectivity index (χ2v) is 25.7. The van der Waals surface area contributed by atoms with Crippen LogP contribution in [-0.4, -0.2) is 34.9 Å². The molecule has 0 bridgehead atoms. The molecule has 1 nitrogen and oxygen atoms in total. The number of aliphatic hydroxyl groups is 1. The Morgan fingerprint density at radius 1 is 0.655 bits per heavy atom. The van der Waals surface area contributed by atoms with Crippen LogP contribution in [0.25, 0.3) is 0 Å². The molecule has 0 radical (unpaired) electrons. The molecule has 0 aliphatic carbocycles. The topological polar surface area (TPSA) is 20.2 Å². The van der Waals surface area contributed by atoms with Crippen LogP contribution in [-0.2, 0) is 0 Å². The van der Waals surface area contributed by atoms with Crippen LogP contribution in [0.15, 0.2) is 0 Å². The summed E-state index contributed by atoms with van der Waals surface area (Å²) < 4.78 is 0. The van der Waals surface area contributed by atoms with Crippen molar-refractivity contribution in [2.45, 2.75) is 122 Å². The second-order valence-electron chi connectivity index (χ2n) is 10.4. The van der Waals surface area contributed by atoms with Crippen LogP contribution in [0.3, 0.4) is 0 Å². The van der Waals surface area contributed by atoms with Crippen molar-refractivity contribution in [3.05, 3.63) is 0 Å². The standard InChI is InChI=1S/C25H46OSi3/c1-13-28(14-2,15-3)20-17-25(26,16-19-27(10,11)12)18-21-29(22(4)5,23(6)7)24(8)9/h22-24,26H,13-15H2,1-12H3. The molecule has 164 valence electrons. The van der Waals surface area contributed by atoms with Crippen LogP contribution in [0.5, 0.6) is 0 Å². The molecule has 1 atom stereocenters. The first-order valence-corrected chi connectivity index (χ1v) is 19.8. The van der Waals surface area contributed by atoms with Crippen molar-refractivity contribution < 1.29 is 5.11 Å². The fraction of sp³-hybridized carbons (Fsp3) is 0.760. The summed E-state index contributed by atoms with van der Waals surface area (Å²) in [6.45, 7) is 27.1. The zero-order valence-electron chi connectivity index (χ0n) is 21.3. The lowest BCUT2D eigenvalue weighted by Crippen LogP contribution is -2.44. The average Bonchev–Trinajstić information content (AvgIpc) is 2.61. The van der Waals surface area contributed by atoms with Gasteiger partial charge in [0, 0.05) is 0 Å². The van der Waals surface area contributed by atoms with Crippen molar-refractivity contribution in [3.63, 3.8) is 0 Å². The second kappa shape index (κ2) is 11.1. The quantitative estimate of drug-likeness (QED) is 0.348. The number of rotatable bonds is 6. The van der Waals surface area contributed by atoms with Crippen molar-refractivity contribution in [1.29, 1.82) is 0 Å². The largest absolute Gasteiger partial charge is 0.358 e. The van der Waals surface area contributed by atoms with Gasteiger partial charge in [-0.05, 0) is 52.5 Å². The van der Waals surface area contributed by atoms with Crippen molar-refractivity contribution in [2.24, 2.45) is 0 Å². The van der Waals surface area contributed by atoms with E-state index in [4.69, 9.17) is 0 Å². The number of hydrogen-bond acceptors (Lipinski definition) is 1. The first kappa shape index (κ1) is 28.3. The monoisotopic (exact) mass is 446 g/mol. The van der Waals surface area contributed by atoms with Gasteiger partial charge in [-0.1, -0.05) is 82.0 Å². The summed E-state index contributed by atoms with van der Waals surface area (Å²) in [6.07, 6.45) is 0. The number of hydrogen-bond donors (Lipinski definition) is 1. The van der Waals surface area contributed by atoms with E-state index in [1.165, 1.54) is 0 Å². The highest BCUT2D eigenvalue weighted by molar-refractivity contribution is 6.90. The highest BCUT2D eigenvalue weighted by atomic mass is 28.3. The fourth-order valence-electron chi connectivity index (χ4n) is 4.24. The first-order valence-electron chi connectivity index (χ1n) is 11.5. The maximum atomic E-state index is 11.5. The molecule has 0 rings (SSSR count). The lowest BCUT2D eigenvalue weighted by Gasteiger charge is -2.38. The molecule has 0 saturated heterocycles. The van der Waals surface area contributed by atoms with E-state index in [1.54, 1.807) is 0 Å². The highest BCUT2D eigenvalue weighted by Gasteiger charge is 2.42. The van der Waals surface area contributed by atoms with Gasteiger partial charge in [-0.15, -0.1) is 16.6 Å². The lowest BCUT2D eigenvalue weighted by atomic mass is 10.1. The van der Waals surface area contributed by atoms with Crippen molar-refractivity contribution in [2.75, 3.05) is 0 Å². The van der Waals surface area contributed by atoms with Gasteiger partial charge in [-0.2, -0.15) is 0 Å². The van der Waals surface area contributed by atoms with Gasteiger partial charge in [-0.3, -0.25) is 0 Å². The van der Waals surface area contributed by atoms with E-state index in [1.807, 2.05) is 0 Å². The zero-order valence-corrected chi connectivity index (χ0v) is 24.3. The zero-order chi connectivity index (χ0) is 23.1. The minimum absolute atomic E-state index is 0.521. The van der Waals surface area contributed by atoms with Crippen molar-refractivity contribution in [1.82, 2.24) is 0 Å². The molecule has 0 aromatic carbocycles. The SMILES string of the molecule is CC[Si](C#CC(O)(C#C[Si](C)(C)C)C#C[Si](C(C)C)(C(C)C)C(C)C)(CC)CC. The summed E-state index contributed by atoms with van der Waals surface area (Å²) in [5, 5.41) is 11.5. The molecule has 1 N–H and O–H groups in total. The third-order valence-corrected chi connectivity index (χ3v) is 18.4. The Morgan fingerprint density at radius 2 is 1.00 bits per heavy atom. The van der Waals surface area contributed by atoms with E-state index in [2.05, 4.69) is 116 Å². The van der Waals surface area contributed by atoms with E-state index in [0.717, 1.165) is 18.1 Å². The van der Waals surface area contributed by atoms with Crippen molar-refractivity contribution in [3.8, 4) is 34.4 Å². The lowest BCUT2D eigenvalue weighted by molar-refractivity contribution is 0.224. The molecule has 4 heteroatoms. The van der Waals surface area contributed by atoms with Crippen LogP contribution in [0, 0.1) is 34.4 Å². The van der Waals surface area contributed by atoms with Crippen LogP contribution in [0.1, 0.15) is 62.3 Å². The van der Waals surface area contributed by atoms with E-state index in [0.29, 0.717) is 16.6 Å². The molecular weight excluding hydrogens is 401 g/mol. The maximum absolute atomic E-state index is 11.5. The summed E-state index contributed by atoms with van der Waals surface area (Å²) in [6, 6.07) is 3.34. The fourth-order valence-corrected chi connectivity index (χ4v) is 12.5. The summed E-state index contributed by atoms with van der Waals surface area (Å²) in [5.41, 5.74) is 10.6. The van der Waals surface area contributed by atoms with Gasteiger partial charge in [0.15, 0.2) is 0 Å². The summed E-state index contributed by atoms with van der Waals surface area (Å²) in [7, 11) is -5.26. The maximum Gasteiger partial charge on any atom is 0.249 e. The minimum atomic E-state index is -1.95. The Morgan fingerprint density at radius 3 is 1.31 bits per heavy atom.